The lowest BCUT2D eigenvalue weighted by Crippen LogP contribution is -2.52. The average Bonchev–Trinajstić information content (AvgIpc) is 2.97. The highest BCUT2D eigenvalue weighted by Gasteiger charge is 2.46. The Bertz CT molecular complexity index is 551. The van der Waals surface area contributed by atoms with Crippen LogP contribution in [0.1, 0.15) is 19.3 Å². The third kappa shape index (κ3) is 4.49. The van der Waals surface area contributed by atoms with Crippen LogP contribution in [-0.2, 0) is 4.74 Å². The van der Waals surface area contributed by atoms with Crippen LogP contribution in [0.25, 0.3) is 0 Å². The van der Waals surface area contributed by atoms with E-state index in [0.29, 0.717) is 5.69 Å². The number of ether oxygens (including phenoxy) is 1. The Kier molecular flexibility index (Phi) is 6.25. The van der Waals surface area contributed by atoms with Gasteiger partial charge >= 0.3 is 6.03 Å². The van der Waals surface area contributed by atoms with Gasteiger partial charge in [-0.1, -0.05) is 24.6 Å². The van der Waals surface area contributed by atoms with Crippen molar-refractivity contribution in [1.29, 1.82) is 0 Å². The minimum absolute atomic E-state index is 0.200. The van der Waals surface area contributed by atoms with Gasteiger partial charge in [0.05, 0.1) is 18.8 Å². The van der Waals surface area contributed by atoms with Gasteiger partial charge in [0.2, 0.25) is 0 Å². The second kappa shape index (κ2) is 8.62. The fourth-order valence-electron chi connectivity index (χ4n) is 3.70. The van der Waals surface area contributed by atoms with Gasteiger partial charge in [-0.05, 0) is 38.1 Å². The van der Waals surface area contributed by atoms with Crippen molar-refractivity contribution in [2.24, 2.45) is 0 Å². The lowest BCUT2D eigenvalue weighted by atomic mass is 9.99. The molecule has 4 atom stereocenters. The number of nitrogens with zero attached hydrogens (tertiary/aromatic N) is 1. The molecule has 0 unspecified atom stereocenters. The Morgan fingerprint density at radius 3 is 2.56 bits per heavy atom. The third-order valence-corrected chi connectivity index (χ3v) is 4.95. The molecule has 4 N–H and O–H groups in total. The van der Waals surface area contributed by atoms with E-state index in [-0.39, 0.29) is 31.3 Å². The van der Waals surface area contributed by atoms with Gasteiger partial charge in [0.1, 0.15) is 12.2 Å². The first-order valence-electron chi connectivity index (χ1n) is 8.97. The molecule has 3 rings (SSSR count). The summed E-state index contributed by atoms with van der Waals surface area (Å²) in [5.74, 6) is 0. The number of carbonyl (C=O) groups excluding carboxylic acids is 1. The van der Waals surface area contributed by atoms with Gasteiger partial charge in [-0.2, -0.15) is 0 Å². The van der Waals surface area contributed by atoms with E-state index < -0.39 is 12.2 Å². The monoisotopic (exact) mass is 349 g/mol. The summed E-state index contributed by atoms with van der Waals surface area (Å²) in [6, 6.07) is 8.70. The maximum absolute atomic E-state index is 12.1. The molecule has 7 heteroatoms. The van der Waals surface area contributed by atoms with Crippen LogP contribution in [0.15, 0.2) is 30.3 Å². The summed E-state index contributed by atoms with van der Waals surface area (Å²) in [5, 5.41) is 25.5. The number of carbonyl (C=O) groups is 1. The lowest BCUT2D eigenvalue weighted by molar-refractivity contribution is -0.0205. The predicted molar refractivity (Wildman–Crippen MR) is 94.4 cm³/mol. The Balaban J connectivity index is 1.57. The molecule has 1 aromatic carbocycles. The van der Waals surface area contributed by atoms with E-state index in [1.807, 2.05) is 30.3 Å². The summed E-state index contributed by atoms with van der Waals surface area (Å²) in [4.78, 5) is 14.3. The molecule has 25 heavy (non-hydrogen) atoms. The van der Waals surface area contributed by atoms with Gasteiger partial charge in [-0.3, -0.25) is 4.90 Å². The SMILES string of the molecule is O=C(NC[C@@H]1O[C@@H](CO)[C@@H](O)[C@H]1N1CCCCC1)Nc1ccccc1. The number of amides is 2. The number of likely N-dealkylation sites (tertiary alicyclic amines) is 1. The summed E-state index contributed by atoms with van der Waals surface area (Å²) < 4.78 is 5.81. The molecule has 0 saturated carbocycles. The zero-order chi connectivity index (χ0) is 17.6. The molecule has 0 aromatic heterocycles. The highest BCUT2D eigenvalue weighted by Crippen LogP contribution is 2.27. The fraction of sp³-hybridized carbons (Fsp3) is 0.611. The van der Waals surface area contributed by atoms with E-state index in [4.69, 9.17) is 4.74 Å². The van der Waals surface area contributed by atoms with Crippen LogP contribution in [0, 0.1) is 0 Å². The number of nitrogens with one attached hydrogen (secondary N) is 2. The molecular weight excluding hydrogens is 322 g/mol. The molecule has 7 nitrogen and oxygen atoms in total. The molecule has 0 aliphatic carbocycles. The molecule has 0 spiro atoms. The number of para-hydroxylation sites is 1. The smallest absolute Gasteiger partial charge is 0.319 e. The van der Waals surface area contributed by atoms with Crippen molar-refractivity contribution in [3.05, 3.63) is 30.3 Å². The second-order valence-corrected chi connectivity index (χ2v) is 6.67. The standard InChI is InChI=1S/C18H27N3O4/c22-12-15-17(23)16(21-9-5-2-6-10-21)14(25-15)11-19-18(24)20-13-7-3-1-4-8-13/h1,3-4,7-8,14-17,22-23H,2,5-6,9-12H2,(H2,19,20,24)/t14-,15-,16-,17+/m0/s1. The average molecular weight is 349 g/mol. The van der Waals surface area contributed by atoms with Gasteiger partial charge in [-0.25, -0.2) is 4.79 Å². The molecule has 1 aromatic rings. The molecule has 138 valence electrons. The maximum atomic E-state index is 12.1. The Morgan fingerprint density at radius 1 is 1.16 bits per heavy atom. The van der Waals surface area contributed by atoms with Crippen molar-refractivity contribution < 1.29 is 19.7 Å². The van der Waals surface area contributed by atoms with E-state index >= 15 is 0 Å². The van der Waals surface area contributed by atoms with Gasteiger partial charge in [0.25, 0.3) is 0 Å². The first kappa shape index (κ1) is 18.1. The van der Waals surface area contributed by atoms with Crippen molar-refractivity contribution in [3.8, 4) is 0 Å². The number of piperidine rings is 1. The number of anilines is 1. The van der Waals surface area contributed by atoms with Crippen LogP contribution in [0.4, 0.5) is 10.5 Å². The molecule has 2 aliphatic rings. The number of hydrogen-bond acceptors (Lipinski definition) is 5. The maximum Gasteiger partial charge on any atom is 0.319 e. The van der Waals surface area contributed by atoms with E-state index in [1.54, 1.807) is 0 Å². The van der Waals surface area contributed by atoms with Crippen molar-refractivity contribution >= 4 is 11.7 Å². The topological polar surface area (TPSA) is 94.1 Å². The first-order chi connectivity index (χ1) is 12.2. The Labute approximate surface area is 148 Å². The molecule has 2 fully saturated rings. The number of aliphatic hydroxyl groups is 2. The van der Waals surface area contributed by atoms with Crippen LogP contribution >= 0.6 is 0 Å². The lowest BCUT2D eigenvalue weighted by Gasteiger charge is -2.36. The molecule has 0 radical (unpaired) electrons. The summed E-state index contributed by atoms with van der Waals surface area (Å²) in [7, 11) is 0. The van der Waals surface area contributed by atoms with Crippen LogP contribution in [-0.4, -0.2) is 71.7 Å². The Hall–Kier alpha value is -1.67. The van der Waals surface area contributed by atoms with Crippen LogP contribution in [0.5, 0.6) is 0 Å². The van der Waals surface area contributed by atoms with E-state index in [1.165, 1.54) is 6.42 Å². The van der Waals surface area contributed by atoms with E-state index in [9.17, 15) is 15.0 Å². The molecule has 2 aliphatic heterocycles. The summed E-state index contributed by atoms with van der Waals surface area (Å²) in [6.45, 7) is 1.89. The van der Waals surface area contributed by atoms with Gasteiger partial charge in [0.15, 0.2) is 0 Å². The van der Waals surface area contributed by atoms with Crippen molar-refractivity contribution in [2.75, 3.05) is 31.6 Å². The predicted octanol–water partition coefficient (Wildman–Crippen LogP) is 0.783. The van der Waals surface area contributed by atoms with Crippen molar-refractivity contribution in [3.63, 3.8) is 0 Å². The van der Waals surface area contributed by atoms with Crippen molar-refractivity contribution in [2.45, 2.75) is 43.6 Å². The summed E-state index contributed by atoms with van der Waals surface area (Å²) >= 11 is 0. The van der Waals surface area contributed by atoms with E-state index in [0.717, 1.165) is 25.9 Å². The van der Waals surface area contributed by atoms with Crippen LogP contribution in [0.2, 0.25) is 0 Å². The fourth-order valence-corrected chi connectivity index (χ4v) is 3.70. The quantitative estimate of drug-likeness (QED) is 0.630. The molecule has 0 bridgehead atoms. The number of aliphatic hydroxyl groups excluding tert-OH is 2. The van der Waals surface area contributed by atoms with Crippen molar-refractivity contribution in [1.82, 2.24) is 10.2 Å². The van der Waals surface area contributed by atoms with Crippen LogP contribution in [0.3, 0.4) is 0 Å². The van der Waals surface area contributed by atoms with E-state index in [2.05, 4.69) is 15.5 Å². The zero-order valence-electron chi connectivity index (χ0n) is 14.3. The number of urea groups is 1. The Morgan fingerprint density at radius 2 is 1.88 bits per heavy atom. The van der Waals surface area contributed by atoms with Crippen LogP contribution < -0.4 is 10.6 Å². The normalized spacial score (nSPS) is 30.2. The summed E-state index contributed by atoms with van der Waals surface area (Å²) in [5.41, 5.74) is 0.716. The van der Waals surface area contributed by atoms with Gasteiger partial charge in [0, 0.05) is 12.2 Å². The third-order valence-electron chi connectivity index (χ3n) is 4.95. The number of benzene rings is 1. The highest BCUT2D eigenvalue weighted by molar-refractivity contribution is 5.89. The van der Waals surface area contributed by atoms with Gasteiger partial charge in [-0.15, -0.1) is 0 Å². The highest BCUT2D eigenvalue weighted by atomic mass is 16.5. The minimum Gasteiger partial charge on any atom is -0.394 e. The number of hydrogen-bond donors (Lipinski definition) is 4. The molecule has 2 amide bonds. The first-order valence-corrected chi connectivity index (χ1v) is 8.97. The largest absolute Gasteiger partial charge is 0.394 e. The molecule has 2 heterocycles. The molecular formula is C18H27N3O4. The zero-order valence-corrected chi connectivity index (χ0v) is 14.3. The second-order valence-electron chi connectivity index (χ2n) is 6.67. The summed E-state index contributed by atoms with van der Waals surface area (Å²) in [6.07, 6.45) is 1.71. The molecule has 2 saturated heterocycles. The minimum atomic E-state index is -0.743. The number of rotatable bonds is 5. The van der Waals surface area contributed by atoms with Gasteiger partial charge < -0.3 is 25.6 Å².